The van der Waals surface area contributed by atoms with Crippen LogP contribution in [0.15, 0.2) is 43.0 Å². The van der Waals surface area contributed by atoms with E-state index in [9.17, 15) is 5.11 Å². The minimum absolute atomic E-state index is 0.0675. The Hall–Kier alpha value is -1.80. The number of hydrogen-bond acceptors (Lipinski definition) is 6. The summed E-state index contributed by atoms with van der Waals surface area (Å²) in [5.41, 5.74) is 1.11. The minimum Gasteiger partial charge on any atom is -0.389 e. The number of aliphatic hydroxyl groups excluding tert-OH is 1. The van der Waals surface area contributed by atoms with E-state index in [0.29, 0.717) is 32.9 Å². The average molecular weight is 332 g/mol. The van der Waals surface area contributed by atoms with Crippen LogP contribution in [0.5, 0.6) is 0 Å². The Morgan fingerprint density at radius 3 is 3.00 bits per heavy atom. The van der Waals surface area contributed by atoms with Crippen molar-refractivity contribution in [3.05, 3.63) is 48.5 Å². The normalized spacial score (nSPS) is 20.1. The highest BCUT2D eigenvalue weighted by Crippen LogP contribution is 2.08. The van der Waals surface area contributed by atoms with Crippen molar-refractivity contribution in [3.63, 3.8) is 0 Å². The molecule has 7 nitrogen and oxygen atoms in total. The maximum absolute atomic E-state index is 10.2. The van der Waals surface area contributed by atoms with Crippen LogP contribution in [0.4, 0.5) is 0 Å². The summed E-state index contributed by atoms with van der Waals surface area (Å²) in [6, 6.07) is 9.98. The Morgan fingerprint density at radius 2 is 2.21 bits per heavy atom. The van der Waals surface area contributed by atoms with Crippen molar-refractivity contribution in [2.75, 3.05) is 32.8 Å². The molecule has 130 valence electrons. The molecule has 1 aliphatic rings. The summed E-state index contributed by atoms with van der Waals surface area (Å²) in [4.78, 5) is 6.15. The van der Waals surface area contributed by atoms with Crippen molar-refractivity contribution in [1.29, 1.82) is 0 Å². The van der Waals surface area contributed by atoms with E-state index in [-0.39, 0.29) is 6.10 Å². The highest BCUT2D eigenvalue weighted by molar-refractivity contribution is 5.13. The lowest BCUT2D eigenvalue weighted by atomic mass is 10.2. The molecule has 3 rings (SSSR count). The van der Waals surface area contributed by atoms with Gasteiger partial charge in [-0.25, -0.2) is 4.98 Å². The van der Waals surface area contributed by atoms with Crippen molar-refractivity contribution in [1.82, 2.24) is 19.7 Å². The third-order valence-electron chi connectivity index (χ3n) is 3.97. The predicted octanol–water partition coefficient (Wildman–Crippen LogP) is 0.557. The van der Waals surface area contributed by atoms with E-state index in [1.54, 1.807) is 11.0 Å². The molecular formula is C17H24N4O3. The molecule has 0 unspecified atom stereocenters. The number of nitrogens with zero attached hydrogens (tertiary/aromatic N) is 4. The lowest BCUT2D eigenvalue weighted by Gasteiger charge is -2.33. The Kier molecular flexibility index (Phi) is 6.31. The van der Waals surface area contributed by atoms with Gasteiger partial charge in [-0.05, 0) is 5.56 Å². The Morgan fingerprint density at radius 1 is 1.33 bits per heavy atom. The average Bonchev–Trinajstić information content (AvgIpc) is 3.09. The molecule has 2 aromatic rings. The van der Waals surface area contributed by atoms with Gasteiger partial charge in [0.05, 0.1) is 38.6 Å². The topological polar surface area (TPSA) is 72.6 Å². The third-order valence-corrected chi connectivity index (χ3v) is 3.97. The van der Waals surface area contributed by atoms with Gasteiger partial charge in [-0.2, -0.15) is 5.10 Å². The smallest absolute Gasteiger partial charge is 0.137 e. The van der Waals surface area contributed by atoms with E-state index in [1.807, 2.05) is 30.3 Å². The molecule has 0 bridgehead atoms. The number of rotatable bonds is 8. The minimum atomic E-state index is -0.501. The van der Waals surface area contributed by atoms with E-state index < -0.39 is 6.10 Å². The van der Waals surface area contributed by atoms with Crippen LogP contribution < -0.4 is 0 Å². The number of aliphatic hydroxyl groups is 1. The third kappa shape index (κ3) is 5.38. The first-order valence-corrected chi connectivity index (χ1v) is 8.25. The van der Waals surface area contributed by atoms with Crippen LogP contribution in [0.1, 0.15) is 5.56 Å². The summed E-state index contributed by atoms with van der Waals surface area (Å²) >= 11 is 0. The van der Waals surface area contributed by atoms with Crippen molar-refractivity contribution < 1.29 is 14.6 Å². The van der Waals surface area contributed by atoms with Crippen LogP contribution in [0.2, 0.25) is 0 Å². The van der Waals surface area contributed by atoms with Crippen LogP contribution >= 0.6 is 0 Å². The van der Waals surface area contributed by atoms with Gasteiger partial charge in [-0.1, -0.05) is 30.3 Å². The van der Waals surface area contributed by atoms with Gasteiger partial charge in [0.1, 0.15) is 12.7 Å². The first kappa shape index (κ1) is 17.0. The Bertz CT molecular complexity index is 579. The van der Waals surface area contributed by atoms with Crippen LogP contribution in [0, 0.1) is 0 Å². The number of hydrogen-bond donors (Lipinski definition) is 1. The van der Waals surface area contributed by atoms with E-state index in [2.05, 4.69) is 15.0 Å². The van der Waals surface area contributed by atoms with Gasteiger partial charge < -0.3 is 14.6 Å². The van der Waals surface area contributed by atoms with Crippen molar-refractivity contribution in [2.45, 2.75) is 25.4 Å². The lowest BCUT2D eigenvalue weighted by Crippen LogP contribution is -2.47. The zero-order valence-electron chi connectivity index (χ0n) is 13.7. The zero-order valence-corrected chi connectivity index (χ0v) is 13.7. The highest BCUT2D eigenvalue weighted by Gasteiger charge is 2.22. The first-order chi connectivity index (χ1) is 11.8. The quantitative estimate of drug-likeness (QED) is 0.761. The summed E-state index contributed by atoms with van der Waals surface area (Å²) in [5.74, 6) is 0. The molecule has 0 aliphatic carbocycles. The van der Waals surface area contributed by atoms with E-state index in [4.69, 9.17) is 9.47 Å². The highest BCUT2D eigenvalue weighted by atomic mass is 16.5. The second-order valence-electron chi connectivity index (χ2n) is 6.02. The van der Waals surface area contributed by atoms with Gasteiger partial charge in [-0.3, -0.25) is 9.58 Å². The first-order valence-electron chi connectivity index (χ1n) is 8.25. The molecule has 24 heavy (non-hydrogen) atoms. The van der Waals surface area contributed by atoms with Crippen LogP contribution in [-0.4, -0.2) is 69.8 Å². The molecular weight excluding hydrogens is 308 g/mol. The summed E-state index contributed by atoms with van der Waals surface area (Å²) < 4.78 is 13.1. The molecule has 1 fully saturated rings. The molecule has 7 heteroatoms. The number of ether oxygens (including phenoxy) is 2. The monoisotopic (exact) mass is 332 g/mol. The van der Waals surface area contributed by atoms with E-state index in [0.717, 1.165) is 18.7 Å². The number of β-amino-alcohol motifs (C(OH)–C–C–N with tert-alkyl or cyclic N) is 1. The summed E-state index contributed by atoms with van der Waals surface area (Å²) in [6.45, 7) is 4.38. The van der Waals surface area contributed by atoms with Gasteiger partial charge >= 0.3 is 0 Å². The fourth-order valence-corrected chi connectivity index (χ4v) is 2.83. The van der Waals surface area contributed by atoms with Crippen LogP contribution in [0.3, 0.4) is 0 Å². The molecule has 0 radical (unpaired) electrons. The largest absolute Gasteiger partial charge is 0.389 e. The standard InChI is InChI=1S/C17H24N4O3/c22-16(12-23-11-15-4-2-1-3-5-15)8-20-6-7-24-17(9-20)10-21-14-18-13-19-21/h1-5,13-14,16-17,22H,6-12H2/t16-,17-/m0/s1. The van der Waals surface area contributed by atoms with Crippen LogP contribution in [-0.2, 0) is 22.6 Å². The predicted molar refractivity (Wildman–Crippen MR) is 88.3 cm³/mol. The zero-order chi connectivity index (χ0) is 16.6. The van der Waals surface area contributed by atoms with Gasteiger partial charge in [-0.15, -0.1) is 0 Å². The van der Waals surface area contributed by atoms with Crippen molar-refractivity contribution in [3.8, 4) is 0 Å². The molecule has 0 amide bonds. The Balaban J connectivity index is 1.36. The van der Waals surface area contributed by atoms with E-state index in [1.165, 1.54) is 6.33 Å². The SMILES string of the molecule is O[C@H](COCc1ccccc1)CN1CCO[C@H](Cn2cncn2)C1. The number of benzene rings is 1. The summed E-state index contributed by atoms with van der Waals surface area (Å²) in [5, 5.41) is 14.3. The number of morpholine rings is 1. The fourth-order valence-electron chi connectivity index (χ4n) is 2.83. The fraction of sp³-hybridized carbons (Fsp3) is 0.529. The van der Waals surface area contributed by atoms with Crippen molar-refractivity contribution in [2.24, 2.45) is 0 Å². The summed E-state index contributed by atoms with van der Waals surface area (Å²) in [6.07, 6.45) is 2.78. The molecule has 2 heterocycles. The van der Waals surface area contributed by atoms with Gasteiger partial charge in [0, 0.05) is 19.6 Å². The molecule has 0 saturated carbocycles. The molecule has 1 aliphatic heterocycles. The number of aromatic nitrogens is 3. The second-order valence-corrected chi connectivity index (χ2v) is 6.02. The lowest BCUT2D eigenvalue weighted by molar-refractivity contribution is -0.0583. The molecule has 0 spiro atoms. The van der Waals surface area contributed by atoms with Gasteiger partial charge in [0.15, 0.2) is 0 Å². The maximum Gasteiger partial charge on any atom is 0.137 e. The Labute approximate surface area is 141 Å². The molecule has 1 aromatic carbocycles. The second kappa shape index (κ2) is 8.89. The molecule has 1 N–H and O–H groups in total. The molecule has 1 aromatic heterocycles. The van der Waals surface area contributed by atoms with Gasteiger partial charge in [0.2, 0.25) is 0 Å². The molecule has 2 atom stereocenters. The summed E-state index contributed by atoms with van der Waals surface area (Å²) in [7, 11) is 0. The molecule has 1 saturated heterocycles. The van der Waals surface area contributed by atoms with Gasteiger partial charge in [0.25, 0.3) is 0 Å². The van der Waals surface area contributed by atoms with Crippen molar-refractivity contribution >= 4 is 0 Å². The van der Waals surface area contributed by atoms with Crippen LogP contribution in [0.25, 0.3) is 0 Å². The maximum atomic E-state index is 10.2. The van der Waals surface area contributed by atoms with E-state index >= 15 is 0 Å².